The van der Waals surface area contributed by atoms with Crippen LogP contribution in [0.4, 0.5) is 0 Å². The van der Waals surface area contributed by atoms with Crippen molar-refractivity contribution in [2.75, 3.05) is 0 Å². The molecule has 0 amide bonds. The van der Waals surface area contributed by atoms with Gasteiger partial charge in [0.05, 0.1) is 8.80 Å². The van der Waals surface area contributed by atoms with Crippen molar-refractivity contribution in [3.63, 3.8) is 0 Å². The molecule has 2 heteroatoms. The van der Waals surface area contributed by atoms with Gasteiger partial charge in [0.1, 0.15) is 0 Å². The van der Waals surface area contributed by atoms with Crippen LogP contribution in [-0.4, -0.2) is 27.7 Å². The van der Waals surface area contributed by atoms with Crippen LogP contribution in [0.5, 0.6) is 0 Å². The maximum absolute atomic E-state index is 2.42. The SMILES string of the molecule is CC[Si](CC)C1C=Cc2ccccc21.[Li]. The first-order valence-corrected chi connectivity index (χ1v) is 7.47. The minimum absolute atomic E-state index is 0. The van der Waals surface area contributed by atoms with E-state index in [0.717, 1.165) is 5.54 Å². The molecule has 74 valence electrons. The number of fused-ring (bicyclic) bond motifs is 1. The molecule has 0 bridgehead atoms. The first-order valence-electron chi connectivity index (χ1n) is 5.48. The molecular weight excluding hydrogens is 191 g/mol. The van der Waals surface area contributed by atoms with Gasteiger partial charge in [-0.3, -0.25) is 0 Å². The molecule has 0 aliphatic heterocycles. The molecule has 1 aromatic rings. The summed E-state index contributed by atoms with van der Waals surface area (Å²) in [4.78, 5) is 0. The van der Waals surface area contributed by atoms with Gasteiger partial charge in [-0.15, -0.1) is 0 Å². The first kappa shape index (κ1) is 12.8. The van der Waals surface area contributed by atoms with E-state index in [1.165, 1.54) is 17.7 Å². The van der Waals surface area contributed by atoms with Gasteiger partial charge in [-0.05, 0) is 16.7 Å². The number of benzene rings is 1. The molecule has 0 heterocycles. The van der Waals surface area contributed by atoms with Crippen molar-refractivity contribution in [3.05, 3.63) is 41.5 Å². The van der Waals surface area contributed by atoms with Crippen molar-refractivity contribution >= 4 is 33.7 Å². The molecule has 1 atom stereocenters. The van der Waals surface area contributed by atoms with E-state index in [-0.39, 0.29) is 27.7 Å². The van der Waals surface area contributed by atoms with Crippen LogP contribution in [0.1, 0.15) is 30.5 Å². The Morgan fingerprint density at radius 3 is 2.47 bits per heavy atom. The van der Waals surface area contributed by atoms with Crippen molar-refractivity contribution in [1.29, 1.82) is 0 Å². The zero-order valence-electron chi connectivity index (χ0n) is 9.96. The van der Waals surface area contributed by atoms with E-state index in [9.17, 15) is 0 Å². The van der Waals surface area contributed by atoms with Gasteiger partial charge in [-0.25, -0.2) is 0 Å². The number of hydrogen-bond acceptors (Lipinski definition) is 0. The second-order valence-corrected chi connectivity index (χ2v) is 7.18. The zero-order chi connectivity index (χ0) is 9.97. The molecule has 1 aromatic carbocycles. The van der Waals surface area contributed by atoms with Gasteiger partial charge in [0.25, 0.3) is 0 Å². The van der Waals surface area contributed by atoms with Crippen LogP contribution in [-0.2, 0) is 0 Å². The first-order chi connectivity index (χ1) is 6.86. The van der Waals surface area contributed by atoms with Crippen LogP contribution in [0.2, 0.25) is 12.1 Å². The van der Waals surface area contributed by atoms with Gasteiger partial charge in [0, 0.05) is 18.9 Å². The van der Waals surface area contributed by atoms with E-state index in [0.29, 0.717) is 0 Å². The molecule has 0 saturated carbocycles. The molecule has 0 N–H and O–H groups in total. The summed E-state index contributed by atoms with van der Waals surface area (Å²) in [7, 11) is -0.200. The average Bonchev–Trinajstić information content (AvgIpc) is 2.65. The molecule has 1 aliphatic carbocycles. The van der Waals surface area contributed by atoms with Crippen molar-refractivity contribution in [2.24, 2.45) is 0 Å². The zero-order valence-corrected chi connectivity index (χ0v) is 11.0. The van der Waals surface area contributed by atoms with Crippen LogP contribution in [0, 0.1) is 0 Å². The molecular formula is C13H17LiSi. The fourth-order valence-electron chi connectivity index (χ4n) is 2.30. The number of rotatable bonds is 3. The molecule has 2 radical (unpaired) electrons. The van der Waals surface area contributed by atoms with Crippen LogP contribution in [0.15, 0.2) is 30.3 Å². The van der Waals surface area contributed by atoms with Crippen LogP contribution < -0.4 is 0 Å². The number of hydrogen-bond donors (Lipinski definition) is 0. The van der Waals surface area contributed by atoms with Crippen molar-refractivity contribution in [3.8, 4) is 0 Å². The molecule has 1 aliphatic rings. The molecule has 1 unspecified atom stereocenters. The van der Waals surface area contributed by atoms with E-state index in [4.69, 9.17) is 0 Å². The summed E-state index contributed by atoms with van der Waals surface area (Å²) in [6.45, 7) is 4.68. The summed E-state index contributed by atoms with van der Waals surface area (Å²) in [5.74, 6) is 0. The predicted molar refractivity (Wildman–Crippen MR) is 70.7 cm³/mol. The Morgan fingerprint density at radius 1 is 1.13 bits per heavy atom. The van der Waals surface area contributed by atoms with E-state index in [1.807, 2.05) is 0 Å². The van der Waals surface area contributed by atoms with E-state index < -0.39 is 0 Å². The third-order valence-electron chi connectivity index (χ3n) is 3.15. The van der Waals surface area contributed by atoms with Gasteiger partial charge >= 0.3 is 0 Å². The fourth-order valence-corrected chi connectivity index (χ4v) is 4.75. The summed E-state index contributed by atoms with van der Waals surface area (Å²) in [5.41, 5.74) is 3.79. The van der Waals surface area contributed by atoms with Crippen LogP contribution in [0.3, 0.4) is 0 Å². The number of allylic oxidation sites excluding steroid dienone is 1. The Hall–Kier alpha value is -0.226. The van der Waals surface area contributed by atoms with Gasteiger partial charge in [-0.1, -0.05) is 62.4 Å². The summed E-state index contributed by atoms with van der Waals surface area (Å²) in [6.07, 6.45) is 4.72. The van der Waals surface area contributed by atoms with E-state index in [2.05, 4.69) is 50.3 Å². The normalized spacial score (nSPS) is 17.7. The third kappa shape index (κ3) is 2.48. The fraction of sp³-hybridized carbons (Fsp3) is 0.385. The van der Waals surface area contributed by atoms with Gasteiger partial charge in [-0.2, -0.15) is 0 Å². The van der Waals surface area contributed by atoms with Crippen molar-refractivity contribution < 1.29 is 0 Å². The second kappa shape index (κ2) is 5.75. The third-order valence-corrected chi connectivity index (χ3v) is 6.35. The van der Waals surface area contributed by atoms with Crippen molar-refractivity contribution in [2.45, 2.75) is 31.5 Å². The molecule has 0 spiro atoms. The smallest absolute Gasteiger partial charge is 0.0607 e. The minimum Gasteiger partial charge on any atom is -0.0794 e. The topological polar surface area (TPSA) is 0 Å². The Morgan fingerprint density at radius 2 is 1.80 bits per heavy atom. The molecule has 0 aromatic heterocycles. The maximum Gasteiger partial charge on any atom is 0.0607 e. The predicted octanol–water partition coefficient (Wildman–Crippen LogP) is 3.49. The molecule has 0 saturated heterocycles. The molecule has 15 heavy (non-hydrogen) atoms. The second-order valence-electron chi connectivity index (χ2n) is 3.83. The molecule has 2 rings (SSSR count). The molecule has 0 nitrogen and oxygen atoms in total. The van der Waals surface area contributed by atoms with Crippen LogP contribution >= 0.6 is 0 Å². The van der Waals surface area contributed by atoms with Crippen molar-refractivity contribution in [1.82, 2.24) is 0 Å². The average molecular weight is 208 g/mol. The van der Waals surface area contributed by atoms with E-state index >= 15 is 0 Å². The molecule has 0 fully saturated rings. The summed E-state index contributed by atoms with van der Waals surface area (Å²) in [5, 5.41) is 0. The standard InChI is InChI=1S/C13H17Si.Li/c1-3-14(4-2)13-10-9-11-7-5-6-8-12(11)13;/h5-10,13H,3-4H2,1-2H3;. The largest absolute Gasteiger partial charge is 0.0794 e. The monoisotopic (exact) mass is 208 g/mol. The Kier molecular flexibility index (Phi) is 4.92. The minimum atomic E-state index is -0.200. The summed E-state index contributed by atoms with van der Waals surface area (Å²) in [6, 6.07) is 11.6. The van der Waals surface area contributed by atoms with Gasteiger partial charge < -0.3 is 0 Å². The van der Waals surface area contributed by atoms with Crippen LogP contribution in [0.25, 0.3) is 6.08 Å². The Bertz CT molecular complexity index is 342. The quantitative estimate of drug-likeness (QED) is 0.667. The van der Waals surface area contributed by atoms with Gasteiger partial charge in [0.2, 0.25) is 0 Å². The van der Waals surface area contributed by atoms with Gasteiger partial charge in [0.15, 0.2) is 0 Å². The summed E-state index contributed by atoms with van der Waals surface area (Å²) < 4.78 is 0. The maximum atomic E-state index is 2.42. The summed E-state index contributed by atoms with van der Waals surface area (Å²) >= 11 is 0. The Labute approximate surface area is 107 Å². The Balaban J connectivity index is 0.00000112. The van der Waals surface area contributed by atoms with E-state index in [1.54, 1.807) is 5.56 Å².